The molecule has 1 aromatic carbocycles. The van der Waals surface area contributed by atoms with Crippen molar-refractivity contribution in [1.29, 1.82) is 5.26 Å². The summed E-state index contributed by atoms with van der Waals surface area (Å²) in [7, 11) is 1.89. The summed E-state index contributed by atoms with van der Waals surface area (Å²) in [5, 5.41) is 9.07. The Labute approximate surface area is 108 Å². The van der Waals surface area contributed by atoms with Gasteiger partial charge in [-0.25, -0.2) is 4.98 Å². The van der Waals surface area contributed by atoms with E-state index in [9.17, 15) is 0 Å². The highest BCUT2D eigenvalue weighted by Gasteiger charge is 2.11. The van der Waals surface area contributed by atoms with Crippen LogP contribution in [0.4, 0.5) is 11.5 Å². The molecule has 0 fully saturated rings. The molecule has 0 amide bonds. The zero-order chi connectivity index (χ0) is 12.3. The van der Waals surface area contributed by atoms with Gasteiger partial charge in [0, 0.05) is 13.2 Å². The van der Waals surface area contributed by atoms with Crippen LogP contribution >= 0.6 is 15.9 Å². The fourth-order valence-corrected chi connectivity index (χ4v) is 2.12. The van der Waals surface area contributed by atoms with Crippen molar-refractivity contribution >= 4 is 27.4 Å². The summed E-state index contributed by atoms with van der Waals surface area (Å²) in [5.74, 6) is 0.787. The molecule has 2 rings (SSSR count). The van der Waals surface area contributed by atoms with Crippen LogP contribution in [0.3, 0.4) is 0 Å². The largest absolute Gasteiger partial charge is 0.327 e. The Morgan fingerprint density at radius 2 is 2.00 bits per heavy atom. The first-order valence-corrected chi connectivity index (χ1v) is 5.86. The number of benzene rings is 1. The van der Waals surface area contributed by atoms with E-state index in [0.29, 0.717) is 5.56 Å². The molecule has 17 heavy (non-hydrogen) atoms. The topological polar surface area (TPSA) is 39.9 Å². The number of para-hydroxylation sites is 1. The number of pyridine rings is 1. The third-order valence-corrected chi connectivity index (χ3v) is 3.06. The summed E-state index contributed by atoms with van der Waals surface area (Å²) in [6, 6.07) is 13.4. The van der Waals surface area contributed by atoms with Gasteiger partial charge < -0.3 is 4.90 Å². The zero-order valence-electron chi connectivity index (χ0n) is 9.26. The van der Waals surface area contributed by atoms with E-state index in [1.54, 1.807) is 12.3 Å². The lowest BCUT2D eigenvalue weighted by atomic mass is 10.2. The van der Waals surface area contributed by atoms with E-state index in [4.69, 9.17) is 5.26 Å². The number of aromatic nitrogens is 1. The first-order valence-electron chi connectivity index (χ1n) is 5.07. The van der Waals surface area contributed by atoms with Crippen LogP contribution in [0.15, 0.2) is 47.1 Å². The molecule has 84 valence electrons. The Morgan fingerprint density at radius 1 is 1.24 bits per heavy atom. The van der Waals surface area contributed by atoms with Crippen molar-refractivity contribution in [3.63, 3.8) is 0 Å². The minimum atomic E-state index is 0.632. The lowest BCUT2D eigenvalue weighted by Gasteiger charge is -2.20. The minimum absolute atomic E-state index is 0.632. The van der Waals surface area contributed by atoms with E-state index in [1.807, 2.05) is 42.3 Å². The minimum Gasteiger partial charge on any atom is -0.327 e. The quantitative estimate of drug-likeness (QED) is 0.849. The number of rotatable bonds is 2. The molecule has 0 saturated carbocycles. The molecule has 0 atom stereocenters. The van der Waals surface area contributed by atoms with Crippen molar-refractivity contribution in [2.75, 3.05) is 11.9 Å². The third kappa shape index (κ3) is 2.29. The van der Waals surface area contributed by atoms with Crippen LogP contribution in [0.2, 0.25) is 0 Å². The second-order valence-electron chi connectivity index (χ2n) is 3.50. The normalized spacial score (nSPS) is 9.71. The van der Waals surface area contributed by atoms with Crippen LogP contribution in [0.5, 0.6) is 0 Å². The number of hydrogen-bond donors (Lipinski definition) is 0. The Bertz CT molecular complexity index is 575. The van der Waals surface area contributed by atoms with Gasteiger partial charge in [-0.2, -0.15) is 5.26 Å². The van der Waals surface area contributed by atoms with Gasteiger partial charge in [0.05, 0.1) is 15.7 Å². The zero-order valence-corrected chi connectivity index (χ0v) is 10.8. The van der Waals surface area contributed by atoms with E-state index in [-0.39, 0.29) is 0 Å². The number of nitriles is 1. The molecule has 1 heterocycles. The predicted octanol–water partition coefficient (Wildman–Crippen LogP) is 3.48. The Hall–Kier alpha value is -1.86. The van der Waals surface area contributed by atoms with Crippen LogP contribution in [0.1, 0.15) is 5.56 Å². The summed E-state index contributed by atoms with van der Waals surface area (Å²) in [4.78, 5) is 6.19. The first kappa shape index (κ1) is 11.6. The highest BCUT2D eigenvalue weighted by Crippen LogP contribution is 2.30. The SMILES string of the molecule is CN(c1ccccc1C#N)c1ncccc1Br. The molecule has 1 aromatic heterocycles. The average Bonchev–Trinajstić information content (AvgIpc) is 2.38. The van der Waals surface area contributed by atoms with E-state index in [0.717, 1.165) is 16.0 Å². The van der Waals surface area contributed by atoms with Crippen molar-refractivity contribution in [1.82, 2.24) is 4.98 Å². The molecule has 0 aliphatic rings. The lowest BCUT2D eigenvalue weighted by Crippen LogP contribution is -2.13. The molecule has 0 aliphatic carbocycles. The molecule has 0 spiro atoms. The van der Waals surface area contributed by atoms with E-state index < -0.39 is 0 Å². The van der Waals surface area contributed by atoms with Crippen LogP contribution in [-0.2, 0) is 0 Å². The van der Waals surface area contributed by atoms with Crippen molar-refractivity contribution in [2.45, 2.75) is 0 Å². The van der Waals surface area contributed by atoms with E-state index in [2.05, 4.69) is 27.0 Å². The van der Waals surface area contributed by atoms with Gasteiger partial charge in [0.25, 0.3) is 0 Å². The lowest BCUT2D eigenvalue weighted by molar-refractivity contribution is 1.11. The summed E-state index contributed by atoms with van der Waals surface area (Å²) >= 11 is 3.45. The van der Waals surface area contributed by atoms with Crippen molar-refractivity contribution in [3.8, 4) is 6.07 Å². The summed E-state index contributed by atoms with van der Waals surface area (Å²) in [6.07, 6.45) is 1.73. The smallest absolute Gasteiger partial charge is 0.147 e. The Kier molecular flexibility index (Phi) is 3.40. The Morgan fingerprint density at radius 3 is 2.71 bits per heavy atom. The first-order chi connectivity index (χ1) is 8.24. The monoisotopic (exact) mass is 287 g/mol. The molecule has 4 heteroatoms. The molecule has 3 nitrogen and oxygen atoms in total. The number of halogens is 1. The van der Waals surface area contributed by atoms with Gasteiger partial charge in [0.2, 0.25) is 0 Å². The van der Waals surface area contributed by atoms with Gasteiger partial charge in [-0.05, 0) is 40.2 Å². The van der Waals surface area contributed by atoms with Gasteiger partial charge in [0.1, 0.15) is 11.9 Å². The third-order valence-electron chi connectivity index (χ3n) is 2.44. The van der Waals surface area contributed by atoms with Gasteiger partial charge in [0.15, 0.2) is 0 Å². The maximum absolute atomic E-state index is 9.07. The molecule has 0 aliphatic heterocycles. The number of hydrogen-bond acceptors (Lipinski definition) is 3. The van der Waals surface area contributed by atoms with Crippen LogP contribution in [0.25, 0.3) is 0 Å². The molecular formula is C13H10BrN3. The highest BCUT2D eigenvalue weighted by molar-refractivity contribution is 9.10. The molecule has 0 N–H and O–H groups in total. The second kappa shape index (κ2) is 4.98. The predicted molar refractivity (Wildman–Crippen MR) is 71.2 cm³/mol. The number of anilines is 2. The number of nitrogens with zero attached hydrogens (tertiary/aromatic N) is 3. The molecule has 0 saturated heterocycles. The maximum atomic E-state index is 9.07. The molecule has 0 bridgehead atoms. The van der Waals surface area contributed by atoms with E-state index in [1.165, 1.54) is 0 Å². The van der Waals surface area contributed by atoms with Crippen molar-refractivity contribution < 1.29 is 0 Å². The van der Waals surface area contributed by atoms with Crippen LogP contribution < -0.4 is 4.90 Å². The van der Waals surface area contributed by atoms with E-state index >= 15 is 0 Å². The highest BCUT2D eigenvalue weighted by atomic mass is 79.9. The van der Waals surface area contributed by atoms with Gasteiger partial charge in [-0.15, -0.1) is 0 Å². The molecular weight excluding hydrogens is 278 g/mol. The molecule has 0 radical (unpaired) electrons. The van der Waals surface area contributed by atoms with Crippen molar-refractivity contribution in [3.05, 3.63) is 52.6 Å². The molecule has 0 unspecified atom stereocenters. The standard InChI is InChI=1S/C13H10BrN3/c1-17(13-11(14)6-4-8-16-13)12-7-3-2-5-10(12)9-15/h2-8H,1H3. The molecule has 2 aromatic rings. The maximum Gasteiger partial charge on any atom is 0.147 e. The van der Waals surface area contributed by atoms with Crippen LogP contribution in [0, 0.1) is 11.3 Å². The Balaban J connectivity index is 2.48. The summed E-state index contributed by atoms with van der Waals surface area (Å²) < 4.78 is 0.898. The van der Waals surface area contributed by atoms with Crippen LogP contribution in [-0.4, -0.2) is 12.0 Å². The van der Waals surface area contributed by atoms with Gasteiger partial charge in [-0.1, -0.05) is 12.1 Å². The summed E-state index contributed by atoms with van der Waals surface area (Å²) in [5.41, 5.74) is 1.47. The van der Waals surface area contributed by atoms with Crippen molar-refractivity contribution in [2.24, 2.45) is 0 Å². The second-order valence-corrected chi connectivity index (χ2v) is 4.35. The van der Waals surface area contributed by atoms with Gasteiger partial charge in [-0.3, -0.25) is 0 Å². The fraction of sp³-hybridized carbons (Fsp3) is 0.0769. The fourth-order valence-electron chi connectivity index (χ4n) is 1.60. The summed E-state index contributed by atoms with van der Waals surface area (Å²) in [6.45, 7) is 0. The average molecular weight is 288 g/mol. The van der Waals surface area contributed by atoms with Gasteiger partial charge >= 0.3 is 0 Å².